The SMILES string of the molecule is Oc1cnn(CC2CCCS2)c1. The standard InChI is InChI=1S/C8H12N2OS/c11-7-4-9-10(5-7)6-8-2-1-3-12-8/h4-5,8,11H,1-3,6H2. The van der Waals surface area contributed by atoms with Crippen LogP contribution in [0.5, 0.6) is 5.75 Å². The number of aromatic hydroxyl groups is 1. The van der Waals surface area contributed by atoms with E-state index >= 15 is 0 Å². The highest BCUT2D eigenvalue weighted by molar-refractivity contribution is 8.00. The summed E-state index contributed by atoms with van der Waals surface area (Å²) in [6.45, 7) is 0.936. The van der Waals surface area contributed by atoms with Crippen molar-refractivity contribution >= 4 is 11.8 Å². The van der Waals surface area contributed by atoms with Gasteiger partial charge in [-0.2, -0.15) is 16.9 Å². The average molecular weight is 184 g/mol. The van der Waals surface area contributed by atoms with E-state index < -0.39 is 0 Å². The fraction of sp³-hybridized carbons (Fsp3) is 0.625. The Morgan fingerprint density at radius 2 is 2.67 bits per heavy atom. The van der Waals surface area contributed by atoms with Crippen LogP contribution in [0.15, 0.2) is 12.4 Å². The van der Waals surface area contributed by atoms with Gasteiger partial charge in [-0.15, -0.1) is 0 Å². The second-order valence-electron chi connectivity index (χ2n) is 3.06. The van der Waals surface area contributed by atoms with E-state index in [0.717, 1.165) is 6.54 Å². The summed E-state index contributed by atoms with van der Waals surface area (Å²) in [5.41, 5.74) is 0. The fourth-order valence-corrected chi connectivity index (χ4v) is 2.71. The van der Waals surface area contributed by atoms with Crippen LogP contribution < -0.4 is 0 Å². The number of nitrogens with zero attached hydrogens (tertiary/aromatic N) is 2. The number of hydrogen-bond acceptors (Lipinski definition) is 3. The van der Waals surface area contributed by atoms with Gasteiger partial charge in [-0.1, -0.05) is 0 Å². The van der Waals surface area contributed by atoms with Gasteiger partial charge in [0.05, 0.1) is 18.9 Å². The molecule has 12 heavy (non-hydrogen) atoms. The van der Waals surface area contributed by atoms with Gasteiger partial charge >= 0.3 is 0 Å². The van der Waals surface area contributed by atoms with Gasteiger partial charge in [0.1, 0.15) is 0 Å². The number of hydrogen-bond donors (Lipinski definition) is 1. The highest BCUT2D eigenvalue weighted by Gasteiger charge is 2.16. The summed E-state index contributed by atoms with van der Waals surface area (Å²) < 4.78 is 1.82. The molecule has 0 bridgehead atoms. The number of rotatable bonds is 2. The van der Waals surface area contributed by atoms with Crippen molar-refractivity contribution in [3.05, 3.63) is 12.4 Å². The summed E-state index contributed by atoms with van der Waals surface area (Å²) in [5.74, 6) is 1.54. The molecule has 0 radical (unpaired) electrons. The lowest BCUT2D eigenvalue weighted by atomic mass is 10.2. The Morgan fingerprint density at radius 3 is 3.25 bits per heavy atom. The van der Waals surface area contributed by atoms with Crippen molar-refractivity contribution in [3.63, 3.8) is 0 Å². The van der Waals surface area contributed by atoms with E-state index in [0.29, 0.717) is 5.25 Å². The first-order valence-corrected chi connectivity index (χ1v) is 5.22. The van der Waals surface area contributed by atoms with E-state index in [1.165, 1.54) is 24.8 Å². The van der Waals surface area contributed by atoms with Crippen molar-refractivity contribution in [1.82, 2.24) is 9.78 Å². The van der Waals surface area contributed by atoms with Gasteiger partial charge < -0.3 is 5.11 Å². The molecule has 1 aliphatic rings. The summed E-state index contributed by atoms with van der Waals surface area (Å²) in [5, 5.41) is 13.8. The third-order valence-corrected chi connectivity index (χ3v) is 3.41. The first-order valence-electron chi connectivity index (χ1n) is 4.17. The molecule has 0 aromatic carbocycles. The van der Waals surface area contributed by atoms with Crippen LogP contribution in [0.4, 0.5) is 0 Å². The molecule has 66 valence electrons. The zero-order valence-electron chi connectivity index (χ0n) is 6.81. The topological polar surface area (TPSA) is 38.1 Å². The molecule has 2 heterocycles. The molecule has 0 spiro atoms. The van der Waals surface area contributed by atoms with Crippen molar-refractivity contribution in [1.29, 1.82) is 0 Å². The Balaban J connectivity index is 1.94. The van der Waals surface area contributed by atoms with Crippen LogP contribution in [0.3, 0.4) is 0 Å². The molecule has 3 nitrogen and oxygen atoms in total. The lowest BCUT2D eigenvalue weighted by Crippen LogP contribution is -2.09. The third kappa shape index (κ3) is 1.75. The lowest BCUT2D eigenvalue weighted by molar-refractivity contribution is 0.473. The van der Waals surface area contributed by atoms with Crippen LogP contribution in [0.1, 0.15) is 12.8 Å². The highest BCUT2D eigenvalue weighted by Crippen LogP contribution is 2.27. The second kappa shape index (κ2) is 3.39. The minimum atomic E-state index is 0.262. The average Bonchev–Trinajstić information content (AvgIpc) is 2.63. The molecule has 1 aromatic rings. The monoisotopic (exact) mass is 184 g/mol. The summed E-state index contributed by atoms with van der Waals surface area (Å²) in [7, 11) is 0. The van der Waals surface area contributed by atoms with Crippen LogP contribution in [-0.4, -0.2) is 25.9 Å². The van der Waals surface area contributed by atoms with Gasteiger partial charge in [0, 0.05) is 5.25 Å². The molecule has 4 heteroatoms. The Bertz CT molecular complexity index is 255. The lowest BCUT2D eigenvalue weighted by Gasteiger charge is -2.06. The molecule has 1 unspecified atom stereocenters. The Hall–Kier alpha value is -0.640. The zero-order valence-corrected chi connectivity index (χ0v) is 7.63. The van der Waals surface area contributed by atoms with Crippen molar-refractivity contribution in [2.45, 2.75) is 24.6 Å². The van der Waals surface area contributed by atoms with Crippen LogP contribution in [0.25, 0.3) is 0 Å². The quantitative estimate of drug-likeness (QED) is 0.756. The minimum Gasteiger partial charge on any atom is -0.505 e. The molecule has 0 amide bonds. The predicted molar refractivity (Wildman–Crippen MR) is 49.4 cm³/mol. The third-order valence-electron chi connectivity index (χ3n) is 2.03. The van der Waals surface area contributed by atoms with E-state index in [4.69, 9.17) is 5.11 Å². The maximum atomic E-state index is 9.04. The van der Waals surface area contributed by atoms with Gasteiger partial charge in [-0.25, -0.2) is 0 Å². The predicted octanol–water partition coefficient (Wildman–Crippen LogP) is 1.48. The van der Waals surface area contributed by atoms with Crippen LogP contribution in [0, 0.1) is 0 Å². The summed E-state index contributed by atoms with van der Waals surface area (Å²) >= 11 is 2.00. The minimum absolute atomic E-state index is 0.262. The van der Waals surface area contributed by atoms with Gasteiger partial charge in [-0.05, 0) is 18.6 Å². The molecule has 0 saturated carbocycles. The number of aromatic nitrogens is 2. The molecule has 1 N–H and O–H groups in total. The summed E-state index contributed by atoms with van der Waals surface area (Å²) in [6, 6.07) is 0. The maximum Gasteiger partial charge on any atom is 0.153 e. The highest BCUT2D eigenvalue weighted by atomic mass is 32.2. The Labute approximate surface area is 75.8 Å². The fourth-order valence-electron chi connectivity index (χ4n) is 1.45. The van der Waals surface area contributed by atoms with Crippen molar-refractivity contribution in [2.75, 3.05) is 5.75 Å². The zero-order chi connectivity index (χ0) is 8.39. The van der Waals surface area contributed by atoms with Crippen molar-refractivity contribution in [3.8, 4) is 5.75 Å². The van der Waals surface area contributed by atoms with E-state index in [1.807, 2.05) is 16.4 Å². The molecule has 1 aliphatic heterocycles. The molecule has 1 aromatic heterocycles. The van der Waals surface area contributed by atoms with Crippen molar-refractivity contribution in [2.24, 2.45) is 0 Å². The largest absolute Gasteiger partial charge is 0.505 e. The van der Waals surface area contributed by atoms with Crippen LogP contribution >= 0.6 is 11.8 Å². The molecule has 1 saturated heterocycles. The van der Waals surface area contributed by atoms with E-state index in [-0.39, 0.29) is 5.75 Å². The molecular formula is C8H12N2OS. The van der Waals surface area contributed by atoms with E-state index in [2.05, 4.69) is 5.10 Å². The van der Waals surface area contributed by atoms with Gasteiger partial charge in [-0.3, -0.25) is 4.68 Å². The Kier molecular flexibility index (Phi) is 2.26. The molecule has 1 atom stereocenters. The summed E-state index contributed by atoms with van der Waals surface area (Å²) in [6.07, 6.45) is 5.77. The first kappa shape index (κ1) is 7.98. The van der Waals surface area contributed by atoms with Crippen LogP contribution in [-0.2, 0) is 6.54 Å². The molecule has 2 rings (SSSR count). The van der Waals surface area contributed by atoms with Gasteiger partial charge in [0.25, 0.3) is 0 Å². The number of thioether (sulfide) groups is 1. The summed E-state index contributed by atoms with van der Waals surface area (Å²) in [4.78, 5) is 0. The smallest absolute Gasteiger partial charge is 0.153 e. The molecule has 0 aliphatic carbocycles. The van der Waals surface area contributed by atoms with E-state index in [9.17, 15) is 0 Å². The van der Waals surface area contributed by atoms with Gasteiger partial charge in [0.2, 0.25) is 0 Å². The first-order chi connectivity index (χ1) is 5.84. The van der Waals surface area contributed by atoms with Gasteiger partial charge in [0.15, 0.2) is 5.75 Å². The van der Waals surface area contributed by atoms with Crippen molar-refractivity contribution < 1.29 is 5.11 Å². The van der Waals surface area contributed by atoms with Crippen LogP contribution in [0.2, 0.25) is 0 Å². The molecular weight excluding hydrogens is 172 g/mol. The van der Waals surface area contributed by atoms with E-state index in [1.54, 1.807) is 6.20 Å². The normalized spacial score (nSPS) is 23.2. The molecule has 1 fully saturated rings. The maximum absolute atomic E-state index is 9.04. The Morgan fingerprint density at radius 1 is 1.75 bits per heavy atom. The second-order valence-corrected chi connectivity index (χ2v) is 4.46.